The summed E-state index contributed by atoms with van der Waals surface area (Å²) < 4.78 is 24.8. The summed E-state index contributed by atoms with van der Waals surface area (Å²) in [5.74, 6) is -6.02. The fourth-order valence-corrected chi connectivity index (χ4v) is 15.0. The van der Waals surface area contributed by atoms with E-state index in [1.165, 1.54) is 0 Å². The minimum Gasteiger partial charge on any atom is -0.460 e. The number of esters is 4. The Hall–Kier alpha value is -8.28. The van der Waals surface area contributed by atoms with E-state index in [9.17, 15) is 0 Å². The first kappa shape index (κ1) is 52.6. The van der Waals surface area contributed by atoms with Gasteiger partial charge in [-0.3, -0.25) is 19.2 Å². The lowest BCUT2D eigenvalue weighted by Crippen LogP contribution is -2.36. The molecule has 0 aliphatic carbocycles. The van der Waals surface area contributed by atoms with Crippen molar-refractivity contribution in [3.63, 3.8) is 0 Å². The second kappa shape index (κ2) is 26.8. The molecule has 0 unspecified atom stereocenters. The number of carbonyl (C=O) groups is 4. The minimum absolute atomic E-state index is 0.0815. The lowest BCUT2D eigenvalue weighted by molar-refractivity contribution is -0.165. The van der Waals surface area contributed by atoms with Gasteiger partial charge in [-0.2, -0.15) is 0 Å². The van der Waals surface area contributed by atoms with Crippen LogP contribution < -0.4 is 21.2 Å². The van der Waals surface area contributed by atoms with E-state index in [-0.39, 0.29) is 26.4 Å². The van der Waals surface area contributed by atoms with E-state index >= 15 is 19.2 Å². The Bertz CT molecular complexity index is 2840. The third kappa shape index (κ3) is 13.7. The molecule has 0 aliphatic rings. The van der Waals surface area contributed by atoms with Crippen LogP contribution in [-0.4, -0.2) is 23.9 Å². The van der Waals surface area contributed by atoms with Gasteiger partial charge in [0.2, 0.25) is 0 Å². The predicted octanol–water partition coefficient (Wildman–Crippen LogP) is 12.2. The topological polar surface area (TPSA) is 105 Å². The average molecular weight is 1040 g/mol. The second-order valence-electron chi connectivity index (χ2n) is 18.0. The quantitative estimate of drug-likeness (QED) is 0.0286. The summed E-state index contributed by atoms with van der Waals surface area (Å²) in [5, 5.41) is 3.59. The molecule has 76 heavy (non-hydrogen) atoms. The molecule has 0 saturated carbocycles. The zero-order valence-electron chi connectivity index (χ0n) is 41.7. The maximum Gasteiger partial charge on any atom is 0.321 e. The van der Waals surface area contributed by atoms with Crippen molar-refractivity contribution in [1.29, 1.82) is 0 Å². The largest absolute Gasteiger partial charge is 0.460 e. The molecule has 0 bridgehead atoms. The monoisotopic (exact) mass is 1040 g/mol. The number of hydrogen-bond acceptors (Lipinski definition) is 8. The molecule has 9 aromatic carbocycles. The second-order valence-corrected chi connectivity index (χ2v) is 22.6. The van der Waals surface area contributed by atoms with Crippen LogP contribution in [0.1, 0.15) is 44.7 Å². The minimum atomic E-state index is -1.64. The van der Waals surface area contributed by atoms with Crippen molar-refractivity contribution in [2.24, 2.45) is 11.8 Å². The first-order chi connectivity index (χ1) is 37.4. The highest BCUT2D eigenvalue weighted by atomic mass is 31.1. The molecule has 0 aromatic heterocycles. The molecule has 0 aliphatic heterocycles. The molecule has 2 atom stereocenters. The number of rotatable bonds is 22. The number of hydrogen-bond donors (Lipinski definition) is 0. The van der Waals surface area contributed by atoms with Gasteiger partial charge in [0.15, 0.2) is 11.8 Å². The normalized spacial score (nSPS) is 11.9. The molecular weight excluding hydrogens is 983 g/mol. The van der Waals surface area contributed by atoms with E-state index in [1.807, 2.05) is 267 Å². The summed E-state index contributed by atoms with van der Waals surface area (Å²) in [4.78, 5) is 61.1. The van der Waals surface area contributed by atoms with Gasteiger partial charge in [0.25, 0.3) is 0 Å². The molecule has 9 aromatic rings. The van der Waals surface area contributed by atoms with Crippen LogP contribution in [0, 0.1) is 11.8 Å². The number of benzene rings is 9. The summed E-state index contributed by atoms with van der Waals surface area (Å²) in [6, 6.07) is 84.6. The summed E-state index contributed by atoms with van der Waals surface area (Å²) in [6.07, 6.45) is 0. The van der Waals surface area contributed by atoms with Crippen molar-refractivity contribution in [1.82, 2.24) is 0 Å². The first-order valence-corrected chi connectivity index (χ1v) is 27.9. The first-order valence-electron chi connectivity index (χ1n) is 25.1. The molecule has 0 saturated heterocycles. The van der Waals surface area contributed by atoms with E-state index in [2.05, 4.69) is 0 Å². The van der Waals surface area contributed by atoms with Crippen LogP contribution >= 0.6 is 15.8 Å². The Morgan fingerprint density at radius 2 is 0.487 bits per heavy atom. The van der Waals surface area contributed by atoms with Gasteiger partial charge in [-0.05, 0) is 70.4 Å². The van der Waals surface area contributed by atoms with E-state index in [1.54, 1.807) is 0 Å². The SMILES string of the molecule is O=C(OCc1ccccc1)C(C(=O)OCc1ccccc1)[C@H](c1cccc([C@@H](C(C(=O)OCc2ccccc2)C(=O)OCc2ccccc2)P(c2ccccc2)c2ccccc2)c1)P(c1ccccc1)c1ccccc1. The van der Waals surface area contributed by atoms with Gasteiger partial charge in [0.05, 0.1) is 0 Å². The Kier molecular flexibility index (Phi) is 18.5. The van der Waals surface area contributed by atoms with Crippen LogP contribution in [0.15, 0.2) is 267 Å². The Labute approximate surface area is 446 Å². The van der Waals surface area contributed by atoms with Crippen LogP contribution in [0.3, 0.4) is 0 Å². The van der Waals surface area contributed by atoms with Gasteiger partial charge in [0.1, 0.15) is 26.4 Å². The summed E-state index contributed by atoms with van der Waals surface area (Å²) in [6.45, 7) is -0.326. The predicted molar refractivity (Wildman–Crippen MR) is 302 cm³/mol. The van der Waals surface area contributed by atoms with Crippen molar-refractivity contribution >= 4 is 60.9 Å². The summed E-state index contributed by atoms with van der Waals surface area (Å²) >= 11 is 0. The zero-order chi connectivity index (χ0) is 52.3. The highest BCUT2D eigenvalue weighted by molar-refractivity contribution is 7.73. The molecule has 0 fully saturated rings. The highest BCUT2D eigenvalue weighted by Crippen LogP contribution is 2.58. The van der Waals surface area contributed by atoms with E-state index in [4.69, 9.17) is 18.9 Å². The third-order valence-corrected chi connectivity index (χ3v) is 18.6. The molecule has 378 valence electrons. The average Bonchev–Trinajstić information content (AvgIpc) is 3.49. The smallest absolute Gasteiger partial charge is 0.321 e. The molecule has 0 N–H and O–H groups in total. The van der Waals surface area contributed by atoms with Gasteiger partial charge >= 0.3 is 23.9 Å². The molecule has 9 rings (SSSR count). The van der Waals surface area contributed by atoms with Crippen LogP contribution in [0.5, 0.6) is 0 Å². The Morgan fingerprint density at radius 3 is 0.711 bits per heavy atom. The third-order valence-electron chi connectivity index (χ3n) is 12.8. The molecule has 0 spiro atoms. The lowest BCUT2D eigenvalue weighted by Gasteiger charge is -2.35. The van der Waals surface area contributed by atoms with Crippen molar-refractivity contribution in [2.75, 3.05) is 0 Å². The molecular formula is C66H56O8P2. The highest BCUT2D eigenvalue weighted by Gasteiger charge is 2.47. The van der Waals surface area contributed by atoms with Gasteiger partial charge in [-0.1, -0.05) is 267 Å². The maximum atomic E-state index is 15.3. The lowest BCUT2D eigenvalue weighted by atomic mass is 9.93. The van der Waals surface area contributed by atoms with Crippen LogP contribution in [-0.2, 0) is 64.6 Å². The molecule has 0 amide bonds. The van der Waals surface area contributed by atoms with E-state index < -0.39 is 62.9 Å². The van der Waals surface area contributed by atoms with E-state index in [0.717, 1.165) is 43.5 Å². The van der Waals surface area contributed by atoms with E-state index in [0.29, 0.717) is 11.1 Å². The molecule has 8 nitrogen and oxygen atoms in total. The Morgan fingerprint density at radius 1 is 0.276 bits per heavy atom. The van der Waals surface area contributed by atoms with Gasteiger partial charge < -0.3 is 18.9 Å². The van der Waals surface area contributed by atoms with Gasteiger partial charge in [-0.15, -0.1) is 0 Å². The van der Waals surface area contributed by atoms with Gasteiger partial charge in [-0.25, -0.2) is 0 Å². The Balaban J connectivity index is 1.26. The van der Waals surface area contributed by atoms with Crippen LogP contribution in [0.2, 0.25) is 0 Å². The van der Waals surface area contributed by atoms with Crippen molar-refractivity contribution in [2.45, 2.75) is 37.7 Å². The summed E-state index contributed by atoms with van der Waals surface area (Å²) in [7, 11) is -3.28. The summed E-state index contributed by atoms with van der Waals surface area (Å²) in [5.41, 5.74) is 2.38. The van der Waals surface area contributed by atoms with Crippen molar-refractivity contribution in [3.05, 3.63) is 300 Å². The van der Waals surface area contributed by atoms with Crippen molar-refractivity contribution in [3.8, 4) is 0 Å². The van der Waals surface area contributed by atoms with Crippen LogP contribution in [0.25, 0.3) is 0 Å². The van der Waals surface area contributed by atoms with Crippen molar-refractivity contribution < 1.29 is 38.1 Å². The fourth-order valence-electron chi connectivity index (χ4n) is 9.19. The van der Waals surface area contributed by atoms with Crippen LogP contribution in [0.4, 0.5) is 0 Å². The number of ether oxygens (including phenoxy) is 4. The maximum absolute atomic E-state index is 15.3. The van der Waals surface area contributed by atoms with Gasteiger partial charge in [0, 0.05) is 11.3 Å². The fraction of sp³-hybridized carbons (Fsp3) is 0.121. The standard InChI is InChI=1S/C66H56O8P2/c67-63(71-45-49-26-9-1-10-27-49)59(64(68)72-46-50-28-11-2-12-29-50)61(75(55-36-17-5-18-37-55)56-38-19-6-20-39-56)53-34-25-35-54(44-53)62(76(57-40-21-7-22-41-57)58-42-23-8-24-43-58)60(65(69)73-47-51-30-13-3-14-31-51)66(70)74-48-52-32-15-4-16-33-52/h1-44,59-62H,45-48H2/t61-,62-/m0/s1. The molecule has 0 heterocycles. The number of carbonyl (C=O) groups excluding carboxylic acids is 4. The zero-order valence-corrected chi connectivity index (χ0v) is 43.5. The molecule has 10 heteroatoms. The molecule has 0 radical (unpaired) electrons.